The molecule has 1 heterocycles. The Kier molecular flexibility index (Phi) is 3.35. The highest BCUT2D eigenvalue weighted by Crippen LogP contribution is 2.26. The second-order valence-electron chi connectivity index (χ2n) is 3.29. The Hall–Kier alpha value is -1.53. The van der Waals surface area contributed by atoms with Crippen LogP contribution in [-0.4, -0.2) is 16.7 Å². The maximum absolute atomic E-state index is 13.5. The molecule has 1 aromatic heterocycles. The van der Waals surface area contributed by atoms with Crippen LogP contribution < -0.4 is 5.73 Å². The fourth-order valence-electron chi connectivity index (χ4n) is 1.27. The number of aromatic nitrogens is 2. The number of benzene rings is 1. The van der Waals surface area contributed by atoms with Crippen LogP contribution in [0.25, 0.3) is 11.5 Å². The van der Waals surface area contributed by atoms with E-state index in [1.807, 2.05) is 0 Å². The van der Waals surface area contributed by atoms with Crippen molar-refractivity contribution in [3.05, 3.63) is 34.7 Å². The predicted octanol–water partition coefficient (Wildman–Crippen LogP) is 2.17. The lowest BCUT2D eigenvalue weighted by Gasteiger charge is -1.99. The first-order valence-electron chi connectivity index (χ1n) is 4.79. The Morgan fingerprint density at radius 3 is 2.71 bits per heavy atom. The summed E-state index contributed by atoms with van der Waals surface area (Å²) in [4.78, 5) is 0. The molecule has 0 spiro atoms. The molecular weight excluding hydrogens is 252 g/mol. The van der Waals surface area contributed by atoms with Gasteiger partial charge in [0, 0.05) is 13.0 Å². The molecule has 0 aliphatic rings. The van der Waals surface area contributed by atoms with Crippen molar-refractivity contribution < 1.29 is 13.2 Å². The molecule has 0 bridgehead atoms. The van der Waals surface area contributed by atoms with Gasteiger partial charge in [-0.1, -0.05) is 11.6 Å². The van der Waals surface area contributed by atoms with Crippen LogP contribution in [0.2, 0.25) is 5.02 Å². The summed E-state index contributed by atoms with van der Waals surface area (Å²) in [7, 11) is 0. The lowest BCUT2D eigenvalue weighted by atomic mass is 10.2. The quantitative estimate of drug-likeness (QED) is 0.858. The van der Waals surface area contributed by atoms with Gasteiger partial charge in [-0.05, 0) is 12.1 Å². The minimum absolute atomic E-state index is 0.0958. The zero-order valence-electron chi connectivity index (χ0n) is 8.58. The van der Waals surface area contributed by atoms with E-state index in [1.165, 1.54) is 0 Å². The topological polar surface area (TPSA) is 64.9 Å². The summed E-state index contributed by atoms with van der Waals surface area (Å²) < 4.78 is 31.8. The van der Waals surface area contributed by atoms with E-state index in [0.717, 1.165) is 12.1 Å². The first-order valence-corrected chi connectivity index (χ1v) is 5.17. The minimum atomic E-state index is -0.748. The molecule has 2 aromatic rings. The average molecular weight is 260 g/mol. The van der Waals surface area contributed by atoms with E-state index in [4.69, 9.17) is 21.8 Å². The Bertz CT molecular complexity index is 544. The Morgan fingerprint density at radius 1 is 1.24 bits per heavy atom. The molecule has 2 rings (SSSR count). The normalized spacial score (nSPS) is 10.8. The van der Waals surface area contributed by atoms with Crippen molar-refractivity contribution in [1.82, 2.24) is 10.2 Å². The van der Waals surface area contributed by atoms with E-state index < -0.39 is 11.6 Å². The van der Waals surface area contributed by atoms with Gasteiger partial charge < -0.3 is 10.2 Å². The fourth-order valence-corrected chi connectivity index (χ4v) is 1.42. The summed E-state index contributed by atoms with van der Waals surface area (Å²) in [5.41, 5.74) is 5.18. The van der Waals surface area contributed by atoms with Crippen LogP contribution in [0.4, 0.5) is 8.78 Å². The highest BCUT2D eigenvalue weighted by Gasteiger charge is 2.15. The molecular formula is C10H8ClF2N3O. The van der Waals surface area contributed by atoms with E-state index in [9.17, 15) is 8.78 Å². The molecule has 0 radical (unpaired) electrons. The molecule has 4 nitrogen and oxygen atoms in total. The van der Waals surface area contributed by atoms with Crippen LogP contribution in [0.1, 0.15) is 5.89 Å². The zero-order chi connectivity index (χ0) is 12.4. The molecule has 2 N–H and O–H groups in total. The van der Waals surface area contributed by atoms with Gasteiger partial charge in [-0.3, -0.25) is 0 Å². The van der Waals surface area contributed by atoms with Gasteiger partial charge in [0.05, 0.1) is 10.6 Å². The van der Waals surface area contributed by atoms with Crippen molar-refractivity contribution in [2.75, 3.05) is 6.54 Å². The van der Waals surface area contributed by atoms with Gasteiger partial charge in [-0.15, -0.1) is 10.2 Å². The first-order chi connectivity index (χ1) is 8.11. The van der Waals surface area contributed by atoms with Gasteiger partial charge in [0.15, 0.2) is 0 Å². The summed E-state index contributed by atoms with van der Waals surface area (Å²) in [5.74, 6) is -1.29. The van der Waals surface area contributed by atoms with Crippen molar-refractivity contribution in [3.63, 3.8) is 0 Å². The molecule has 17 heavy (non-hydrogen) atoms. The summed E-state index contributed by atoms with van der Waals surface area (Å²) in [6, 6.07) is 1.77. The van der Waals surface area contributed by atoms with Gasteiger partial charge >= 0.3 is 0 Å². The Morgan fingerprint density at radius 2 is 2.00 bits per heavy atom. The fraction of sp³-hybridized carbons (Fsp3) is 0.200. The van der Waals surface area contributed by atoms with Crippen LogP contribution in [0.3, 0.4) is 0 Å². The molecule has 0 saturated carbocycles. The number of nitrogens with two attached hydrogens (primary N) is 1. The van der Waals surface area contributed by atoms with E-state index in [-0.39, 0.29) is 22.4 Å². The van der Waals surface area contributed by atoms with Crippen molar-refractivity contribution in [2.45, 2.75) is 6.42 Å². The van der Waals surface area contributed by atoms with Crippen LogP contribution in [0.5, 0.6) is 0 Å². The summed E-state index contributed by atoms with van der Waals surface area (Å²) in [6.07, 6.45) is 0.380. The highest BCUT2D eigenvalue weighted by molar-refractivity contribution is 6.30. The molecule has 0 saturated heterocycles. The van der Waals surface area contributed by atoms with E-state index in [0.29, 0.717) is 13.0 Å². The number of halogens is 3. The number of rotatable bonds is 3. The lowest BCUT2D eigenvalue weighted by molar-refractivity contribution is 0.501. The van der Waals surface area contributed by atoms with E-state index in [2.05, 4.69) is 10.2 Å². The van der Waals surface area contributed by atoms with Gasteiger partial charge in [-0.2, -0.15) is 0 Å². The summed E-state index contributed by atoms with van der Waals surface area (Å²) in [6.45, 7) is 0.332. The van der Waals surface area contributed by atoms with Crippen molar-refractivity contribution in [2.24, 2.45) is 5.73 Å². The second kappa shape index (κ2) is 4.77. The molecule has 90 valence electrons. The Labute approximate surface area is 100 Å². The number of hydrogen-bond donors (Lipinski definition) is 1. The van der Waals surface area contributed by atoms with Crippen molar-refractivity contribution >= 4 is 11.6 Å². The van der Waals surface area contributed by atoms with Gasteiger partial charge in [0.2, 0.25) is 5.89 Å². The molecule has 0 aliphatic carbocycles. The summed E-state index contributed by atoms with van der Waals surface area (Å²) in [5, 5.41) is 6.97. The molecule has 7 heteroatoms. The molecule has 1 aromatic carbocycles. The first kappa shape index (κ1) is 11.9. The SMILES string of the molecule is NCCc1nnc(-c2cc(F)c(Cl)cc2F)o1. The molecule has 0 aliphatic heterocycles. The lowest BCUT2D eigenvalue weighted by Crippen LogP contribution is -2.02. The monoisotopic (exact) mass is 259 g/mol. The molecule has 0 amide bonds. The molecule has 0 atom stereocenters. The zero-order valence-corrected chi connectivity index (χ0v) is 9.34. The third-order valence-electron chi connectivity index (χ3n) is 2.07. The van der Waals surface area contributed by atoms with Crippen molar-refractivity contribution in [3.8, 4) is 11.5 Å². The molecule has 0 fully saturated rings. The van der Waals surface area contributed by atoms with Crippen molar-refractivity contribution in [1.29, 1.82) is 0 Å². The van der Waals surface area contributed by atoms with Gasteiger partial charge in [-0.25, -0.2) is 8.78 Å². The standard InChI is InChI=1S/C10H8ClF2N3O/c11-6-4-7(12)5(3-8(6)13)10-16-15-9(17-10)1-2-14/h3-4H,1-2,14H2. The van der Waals surface area contributed by atoms with Crippen LogP contribution >= 0.6 is 11.6 Å². The second-order valence-corrected chi connectivity index (χ2v) is 3.69. The van der Waals surface area contributed by atoms with Gasteiger partial charge in [0.25, 0.3) is 5.89 Å². The molecule has 0 unspecified atom stereocenters. The minimum Gasteiger partial charge on any atom is -0.421 e. The smallest absolute Gasteiger partial charge is 0.250 e. The maximum atomic E-state index is 13.5. The predicted molar refractivity (Wildman–Crippen MR) is 57.4 cm³/mol. The third kappa shape index (κ3) is 2.42. The number of nitrogens with zero attached hydrogens (tertiary/aromatic N) is 2. The largest absolute Gasteiger partial charge is 0.421 e. The van der Waals surface area contributed by atoms with Crippen LogP contribution in [0.15, 0.2) is 16.5 Å². The van der Waals surface area contributed by atoms with Gasteiger partial charge in [0.1, 0.15) is 11.6 Å². The van der Waals surface area contributed by atoms with E-state index >= 15 is 0 Å². The summed E-state index contributed by atoms with van der Waals surface area (Å²) >= 11 is 5.43. The number of hydrogen-bond acceptors (Lipinski definition) is 4. The van der Waals surface area contributed by atoms with Crippen LogP contribution in [0, 0.1) is 11.6 Å². The average Bonchev–Trinajstić information content (AvgIpc) is 2.72. The van der Waals surface area contributed by atoms with Crippen LogP contribution in [-0.2, 0) is 6.42 Å². The van der Waals surface area contributed by atoms with E-state index in [1.54, 1.807) is 0 Å². The maximum Gasteiger partial charge on any atom is 0.250 e. The third-order valence-corrected chi connectivity index (χ3v) is 2.36. The Balaban J connectivity index is 2.41. The highest BCUT2D eigenvalue weighted by atomic mass is 35.5.